The largest absolute Gasteiger partial charge is 0.456 e. The minimum Gasteiger partial charge on any atom is -0.456 e. The molecule has 0 aliphatic rings. The molecule has 22 rings (SSSR count). The molecule has 0 amide bonds. The van der Waals surface area contributed by atoms with Gasteiger partial charge in [-0.1, -0.05) is 243 Å². The van der Waals surface area contributed by atoms with Crippen molar-refractivity contribution in [3.63, 3.8) is 0 Å². The van der Waals surface area contributed by atoms with Crippen molar-refractivity contribution in [3.05, 3.63) is 394 Å². The number of furan rings is 3. The third-order valence-corrected chi connectivity index (χ3v) is 21.3. The molecule has 5 heterocycles. The van der Waals surface area contributed by atoms with Crippen LogP contribution >= 0.6 is 11.3 Å². The maximum atomic E-state index is 5.99. The Kier molecular flexibility index (Phi) is 17.4. The second kappa shape index (κ2) is 28.9. The Morgan fingerprint density at radius 2 is 0.615 bits per heavy atom. The van der Waals surface area contributed by atoms with E-state index in [1.165, 1.54) is 80.7 Å². The second-order valence-corrected chi connectivity index (χ2v) is 28.1. The highest BCUT2D eigenvalue weighted by Crippen LogP contribution is 2.43. The van der Waals surface area contributed by atoms with Gasteiger partial charge in [-0.05, 0) is 179 Å². The van der Waals surface area contributed by atoms with E-state index in [-0.39, 0.29) is 0 Å². The van der Waals surface area contributed by atoms with Crippen LogP contribution in [0.3, 0.4) is 0 Å². The fraction of sp³-hybridized carbons (Fsp3) is 0. The molecular formula is C100H69N5O3S. The molecule has 109 heavy (non-hydrogen) atoms. The van der Waals surface area contributed by atoms with Gasteiger partial charge >= 0.3 is 0 Å². The highest BCUT2D eigenvalue weighted by atomic mass is 32.1. The molecule has 0 unspecified atom stereocenters. The Bertz CT molecular complexity index is 7040. The Hall–Kier alpha value is -14.4. The molecule has 0 aliphatic heterocycles. The molecule has 0 bridgehead atoms. The number of anilines is 8. The quantitative estimate of drug-likeness (QED) is 0.103. The van der Waals surface area contributed by atoms with Crippen molar-refractivity contribution < 1.29 is 13.3 Å². The number of thiophene rings is 1. The SMILES string of the molecule is c1ccc(-c2ccc(Nc3ccc4c5ccccc5n(-c5ccccc5)c4c3)cc2)cc1.c1ccc(Nc2ccc3c(c2)sc2c(-c4ccccc4)cccc23)cc1.c1ccc2c(c1)oc1cc(Nc3ccc4oc5ccccc5c4c3)ccc12.c1ccc2cc(Nc3ccc4oc5ccccc5c4c3)ccc2c1. The molecule has 4 N–H and O–H groups in total. The van der Waals surface area contributed by atoms with Gasteiger partial charge in [-0.25, -0.2) is 0 Å². The topological polar surface area (TPSA) is 92.5 Å². The van der Waals surface area contributed by atoms with Crippen LogP contribution in [0.2, 0.25) is 0 Å². The summed E-state index contributed by atoms with van der Waals surface area (Å²) in [6.45, 7) is 0. The van der Waals surface area contributed by atoms with E-state index in [0.29, 0.717) is 0 Å². The Morgan fingerprint density at radius 3 is 1.27 bits per heavy atom. The van der Waals surface area contributed by atoms with Gasteiger partial charge in [-0.3, -0.25) is 0 Å². The van der Waals surface area contributed by atoms with Crippen LogP contribution in [0.5, 0.6) is 0 Å². The monoisotopic (exact) mass is 1420 g/mol. The minimum atomic E-state index is 0.885. The van der Waals surface area contributed by atoms with E-state index in [1.807, 2.05) is 114 Å². The number of hydrogen-bond acceptors (Lipinski definition) is 8. The standard InChI is InChI=1S/C30H22N2.C24H15NO2.C24H17NS.C22H15NO/c1-3-9-22(10-4-1)23-15-17-24(18-16-23)31-25-19-20-28-27-13-7-8-14-29(27)32(30(28)21-25)26-11-5-2-6-12-26;1-3-7-21-17(5-1)19-11-9-16(14-24(19)27-21)25-15-10-12-23-20(13-15)18-6-2-4-8-22(18)26-23;1-3-8-17(9-4-1)20-12-7-13-22-21-15-14-19(16-23(21)26-24(20)22)25-18-10-5-2-6-11-18;1-2-6-16-13-17(10-9-15(16)5-1)23-18-11-12-22-20(14-18)19-7-3-4-8-21(19)24-22/h1-21,31H;1-14,25H;1-16,25H;1-14,23H. The van der Waals surface area contributed by atoms with E-state index in [1.54, 1.807) is 0 Å². The van der Waals surface area contributed by atoms with Crippen molar-refractivity contribution in [3.8, 4) is 27.9 Å². The van der Waals surface area contributed by atoms with E-state index >= 15 is 0 Å². The number of rotatable bonds is 11. The van der Waals surface area contributed by atoms with E-state index in [0.717, 1.165) is 111 Å². The summed E-state index contributed by atoms with van der Waals surface area (Å²) in [4.78, 5) is 0. The van der Waals surface area contributed by atoms with Crippen molar-refractivity contribution in [1.29, 1.82) is 0 Å². The number of benzene rings is 17. The van der Waals surface area contributed by atoms with Crippen molar-refractivity contribution in [2.24, 2.45) is 0 Å². The Morgan fingerprint density at radius 1 is 0.211 bits per heavy atom. The van der Waals surface area contributed by atoms with E-state index in [9.17, 15) is 0 Å². The van der Waals surface area contributed by atoms with Crippen molar-refractivity contribution >= 4 is 175 Å². The first-order chi connectivity index (χ1) is 54.0. The molecule has 17 aromatic carbocycles. The van der Waals surface area contributed by atoms with Crippen molar-refractivity contribution in [2.45, 2.75) is 0 Å². The average Bonchev–Trinajstić information content (AvgIpc) is 1.62. The second-order valence-electron chi connectivity index (χ2n) is 27.1. The van der Waals surface area contributed by atoms with Crippen LogP contribution < -0.4 is 21.3 Å². The number of nitrogens with zero attached hydrogens (tertiary/aromatic N) is 1. The zero-order valence-corrected chi connectivity index (χ0v) is 59.9. The molecule has 518 valence electrons. The number of fused-ring (bicyclic) bond motifs is 16. The maximum Gasteiger partial charge on any atom is 0.137 e. The first-order valence-corrected chi connectivity index (χ1v) is 37.4. The summed E-state index contributed by atoms with van der Waals surface area (Å²) in [5.41, 5.74) is 22.6. The highest BCUT2D eigenvalue weighted by molar-refractivity contribution is 7.26. The van der Waals surface area contributed by atoms with Crippen LogP contribution in [-0.4, -0.2) is 4.57 Å². The summed E-state index contributed by atoms with van der Waals surface area (Å²) in [6.07, 6.45) is 0. The van der Waals surface area contributed by atoms with Crippen molar-refractivity contribution in [2.75, 3.05) is 21.3 Å². The Balaban J connectivity index is 0.0000000992. The third kappa shape index (κ3) is 13.4. The molecule has 0 spiro atoms. The van der Waals surface area contributed by atoms with Crippen LogP contribution in [0, 0.1) is 0 Å². The molecule has 0 radical (unpaired) electrons. The van der Waals surface area contributed by atoms with Crippen molar-refractivity contribution in [1.82, 2.24) is 4.57 Å². The average molecular weight is 1420 g/mol. The number of hydrogen-bond donors (Lipinski definition) is 4. The van der Waals surface area contributed by atoms with Gasteiger partial charge in [-0.15, -0.1) is 11.3 Å². The minimum absolute atomic E-state index is 0.885. The number of aromatic nitrogens is 1. The molecule has 5 aromatic heterocycles. The first kappa shape index (κ1) is 65.4. The number of nitrogens with one attached hydrogen (secondary N) is 4. The predicted octanol–water partition coefficient (Wildman–Crippen LogP) is 29.4. The lowest BCUT2D eigenvalue weighted by atomic mass is 10.0. The zero-order chi connectivity index (χ0) is 72.4. The summed E-state index contributed by atoms with van der Waals surface area (Å²) >= 11 is 1.87. The van der Waals surface area contributed by atoms with Crippen LogP contribution in [0.4, 0.5) is 45.5 Å². The van der Waals surface area contributed by atoms with Gasteiger partial charge in [0.15, 0.2) is 0 Å². The van der Waals surface area contributed by atoms with E-state index in [4.69, 9.17) is 13.3 Å². The lowest BCUT2D eigenvalue weighted by Gasteiger charge is -2.11. The van der Waals surface area contributed by atoms with Crippen LogP contribution in [0.25, 0.3) is 147 Å². The Labute approximate surface area is 632 Å². The van der Waals surface area contributed by atoms with Gasteiger partial charge in [0.05, 0.1) is 11.0 Å². The molecule has 0 aliphatic carbocycles. The first-order valence-electron chi connectivity index (χ1n) is 36.6. The third-order valence-electron chi connectivity index (χ3n) is 20.1. The molecule has 0 atom stereocenters. The van der Waals surface area contributed by atoms with Gasteiger partial charge in [0, 0.05) is 121 Å². The summed E-state index contributed by atoms with van der Waals surface area (Å²) in [7, 11) is 0. The summed E-state index contributed by atoms with van der Waals surface area (Å²) in [5, 5.41) is 28.5. The van der Waals surface area contributed by atoms with Gasteiger partial charge in [0.25, 0.3) is 0 Å². The van der Waals surface area contributed by atoms with Crippen LogP contribution in [-0.2, 0) is 0 Å². The van der Waals surface area contributed by atoms with E-state index < -0.39 is 0 Å². The van der Waals surface area contributed by atoms with Gasteiger partial charge in [0.2, 0.25) is 0 Å². The summed E-state index contributed by atoms with van der Waals surface area (Å²) in [5.74, 6) is 0. The summed E-state index contributed by atoms with van der Waals surface area (Å²) < 4.78 is 22.8. The van der Waals surface area contributed by atoms with Gasteiger partial charge < -0.3 is 39.1 Å². The smallest absolute Gasteiger partial charge is 0.137 e. The van der Waals surface area contributed by atoms with Gasteiger partial charge in [0.1, 0.15) is 33.5 Å². The zero-order valence-electron chi connectivity index (χ0n) is 59.1. The number of para-hydroxylation sites is 6. The van der Waals surface area contributed by atoms with Crippen LogP contribution in [0.15, 0.2) is 408 Å². The molecule has 0 fully saturated rings. The van der Waals surface area contributed by atoms with E-state index in [2.05, 4.69) is 317 Å². The lowest BCUT2D eigenvalue weighted by Crippen LogP contribution is -1.94. The molecule has 22 aromatic rings. The fourth-order valence-electron chi connectivity index (χ4n) is 14.9. The highest BCUT2D eigenvalue weighted by Gasteiger charge is 2.16. The molecule has 9 heteroatoms. The summed E-state index contributed by atoms with van der Waals surface area (Å²) in [6, 6.07) is 137. The molecule has 0 saturated heterocycles. The maximum absolute atomic E-state index is 5.99. The molecule has 0 saturated carbocycles. The lowest BCUT2D eigenvalue weighted by molar-refractivity contribution is 0.668. The normalized spacial score (nSPS) is 11.3. The molecular weight excluding hydrogens is 1350 g/mol. The fourth-order valence-corrected chi connectivity index (χ4v) is 16.1. The predicted molar refractivity (Wildman–Crippen MR) is 462 cm³/mol. The molecule has 8 nitrogen and oxygen atoms in total. The van der Waals surface area contributed by atoms with Crippen LogP contribution in [0.1, 0.15) is 0 Å². The van der Waals surface area contributed by atoms with Gasteiger partial charge in [-0.2, -0.15) is 0 Å².